The van der Waals surface area contributed by atoms with Gasteiger partial charge in [0.15, 0.2) is 29.8 Å². The molecule has 1 unspecified atom stereocenters. The topological polar surface area (TPSA) is 179 Å². The highest BCUT2D eigenvalue weighted by Crippen LogP contribution is 2.38. The van der Waals surface area contributed by atoms with Crippen molar-refractivity contribution in [2.75, 3.05) is 47.5 Å². The molecule has 0 aromatic carbocycles. The summed E-state index contributed by atoms with van der Waals surface area (Å²) in [5.41, 5.74) is 0.389. The minimum atomic E-state index is -1.22. The molecular formula is C30H36N6O8. The van der Waals surface area contributed by atoms with Gasteiger partial charge in [0.25, 0.3) is 0 Å². The second kappa shape index (κ2) is 13.4. The van der Waals surface area contributed by atoms with Gasteiger partial charge in [0.1, 0.15) is 24.6 Å². The van der Waals surface area contributed by atoms with E-state index < -0.39 is 24.1 Å². The smallest absolute Gasteiger partial charge is 0.354 e. The van der Waals surface area contributed by atoms with Crippen LogP contribution in [0.1, 0.15) is 72.5 Å². The molecule has 234 valence electrons. The Bertz CT molecular complexity index is 1430. The first-order valence-corrected chi connectivity index (χ1v) is 14.8. The Morgan fingerprint density at radius 2 is 1.66 bits per heavy atom. The number of nitrogens with zero attached hydrogens (tertiary/aromatic N) is 6. The van der Waals surface area contributed by atoms with Gasteiger partial charge in [-0.3, -0.25) is 4.79 Å². The maximum Gasteiger partial charge on any atom is 0.354 e. The fraction of sp³-hybridized carbons (Fsp3) is 0.533. The SMILES string of the molecule is CCOC(=O)CN(c1ccc(C(=O)O)nc1N1CCC(C2OC(C)O2)CC1)C1CCCCN1c1nc(C(=O)O)ccc1C#N. The molecule has 0 saturated carbocycles. The van der Waals surface area contributed by atoms with Gasteiger partial charge in [-0.15, -0.1) is 0 Å². The van der Waals surface area contributed by atoms with Gasteiger partial charge in [-0.05, 0) is 70.2 Å². The first kappa shape index (κ1) is 31.0. The van der Waals surface area contributed by atoms with Crippen LogP contribution in [0, 0.1) is 17.2 Å². The van der Waals surface area contributed by atoms with Crippen molar-refractivity contribution in [1.29, 1.82) is 5.26 Å². The van der Waals surface area contributed by atoms with Gasteiger partial charge >= 0.3 is 17.9 Å². The molecule has 44 heavy (non-hydrogen) atoms. The van der Waals surface area contributed by atoms with Gasteiger partial charge in [0.05, 0.1) is 17.9 Å². The fourth-order valence-corrected chi connectivity index (χ4v) is 6.07. The number of anilines is 3. The molecule has 0 amide bonds. The Kier molecular flexibility index (Phi) is 9.46. The van der Waals surface area contributed by atoms with Crippen LogP contribution < -0.4 is 14.7 Å². The van der Waals surface area contributed by atoms with Crippen LogP contribution in [0.2, 0.25) is 0 Å². The molecule has 0 bridgehead atoms. The van der Waals surface area contributed by atoms with Gasteiger partial charge in [-0.25, -0.2) is 19.6 Å². The highest BCUT2D eigenvalue weighted by Gasteiger charge is 2.39. The number of hydrogen-bond acceptors (Lipinski definition) is 12. The van der Waals surface area contributed by atoms with E-state index in [1.165, 1.54) is 18.2 Å². The largest absolute Gasteiger partial charge is 0.477 e. The van der Waals surface area contributed by atoms with E-state index in [4.69, 9.17) is 14.2 Å². The predicted octanol–water partition coefficient (Wildman–Crippen LogP) is 3.07. The third-order valence-electron chi connectivity index (χ3n) is 8.18. The van der Waals surface area contributed by atoms with Gasteiger partial charge < -0.3 is 39.1 Å². The zero-order valence-electron chi connectivity index (χ0n) is 24.7. The van der Waals surface area contributed by atoms with Crippen molar-refractivity contribution in [1.82, 2.24) is 9.97 Å². The molecule has 5 heterocycles. The van der Waals surface area contributed by atoms with Gasteiger partial charge in [0, 0.05) is 25.6 Å². The van der Waals surface area contributed by atoms with Gasteiger partial charge in [-0.1, -0.05) is 0 Å². The molecular weight excluding hydrogens is 572 g/mol. The number of esters is 1. The van der Waals surface area contributed by atoms with Crippen molar-refractivity contribution >= 4 is 35.2 Å². The van der Waals surface area contributed by atoms with Crippen LogP contribution in [0.4, 0.5) is 17.3 Å². The summed E-state index contributed by atoms with van der Waals surface area (Å²) in [4.78, 5) is 51.4. The Morgan fingerprint density at radius 1 is 1.00 bits per heavy atom. The van der Waals surface area contributed by atoms with Crippen LogP contribution in [-0.4, -0.2) is 89.6 Å². The Labute approximate surface area is 254 Å². The quantitative estimate of drug-likeness (QED) is 0.376. The predicted molar refractivity (Wildman–Crippen MR) is 156 cm³/mol. The maximum absolute atomic E-state index is 13.0. The number of carbonyl (C=O) groups excluding carboxylic acids is 1. The maximum atomic E-state index is 13.0. The number of aromatic nitrogens is 2. The number of hydrogen-bond donors (Lipinski definition) is 2. The Balaban J connectivity index is 1.55. The molecule has 2 aromatic rings. The molecule has 2 N–H and O–H groups in total. The van der Waals surface area contributed by atoms with Gasteiger partial charge in [-0.2, -0.15) is 5.26 Å². The van der Waals surface area contributed by atoms with Crippen molar-refractivity contribution in [3.8, 4) is 6.07 Å². The highest BCUT2D eigenvalue weighted by molar-refractivity contribution is 5.88. The van der Waals surface area contributed by atoms with E-state index in [0.717, 1.165) is 25.7 Å². The number of carbonyl (C=O) groups is 3. The lowest BCUT2D eigenvalue weighted by Crippen LogP contribution is -2.54. The lowest BCUT2D eigenvalue weighted by atomic mass is 9.95. The van der Waals surface area contributed by atoms with E-state index in [1.807, 2.05) is 21.6 Å². The molecule has 5 rings (SSSR count). The molecule has 1 atom stereocenters. The molecule has 14 nitrogen and oxygen atoms in total. The van der Waals surface area contributed by atoms with E-state index >= 15 is 0 Å². The van der Waals surface area contributed by atoms with Crippen LogP contribution in [0.5, 0.6) is 0 Å². The summed E-state index contributed by atoms with van der Waals surface area (Å²) in [6.07, 6.45) is 2.56. The minimum Gasteiger partial charge on any atom is -0.477 e. The number of carboxylic acids is 2. The first-order valence-electron chi connectivity index (χ1n) is 14.8. The fourth-order valence-electron chi connectivity index (χ4n) is 6.07. The number of carboxylic acid groups (broad SMARTS) is 2. The summed E-state index contributed by atoms with van der Waals surface area (Å²) < 4.78 is 16.8. The molecule has 0 aliphatic carbocycles. The van der Waals surface area contributed by atoms with Crippen LogP contribution in [0.25, 0.3) is 0 Å². The normalized spacial score (nSPS) is 22.1. The Morgan fingerprint density at radius 3 is 2.27 bits per heavy atom. The number of pyridine rings is 2. The molecule has 14 heteroatoms. The molecule has 3 saturated heterocycles. The molecule has 0 spiro atoms. The molecule has 3 fully saturated rings. The Hall–Kier alpha value is -4.48. The first-order chi connectivity index (χ1) is 21.2. The number of rotatable bonds is 10. The average Bonchev–Trinajstić information content (AvgIpc) is 3.02. The van der Waals surface area contributed by atoms with Gasteiger partial charge in [0.2, 0.25) is 0 Å². The van der Waals surface area contributed by atoms with Crippen LogP contribution in [0.3, 0.4) is 0 Å². The number of nitriles is 1. The second-order valence-electron chi connectivity index (χ2n) is 11.0. The number of aromatic carboxylic acids is 2. The lowest BCUT2D eigenvalue weighted by molar-refractivity contribution is -0.393. The van der Waals surface area contributed by atoms with E-state index in [1.54, 1.807) is 13.0 Å². The second-order valence-corrected chi connectivity index (χ2v) is 11.0. The van der Waals surface area contributed by atoms with Crippen molar-refractivity contribution in [3.05, 3.63) is 41.2 Å². The molecule has 0 radical (unpaired) electrons. The number of ether oxygens (including phenoxy) is 3. The van der Waals surface area contributed by atoms with Crippen molar-refractivity contribution < 1.29 is 38.8 Å². The van der Waals surface area contributed by atoms with Crippen LogP contribution in [-0.2, 0) is 19.0 Å². The molecule has 3 aliphatic rings. The van der Waals surface area contributed by atoms with E-state index in [9.17, 15) is 29.9 Å². The van der Waals surface area contributed by atoms with Crippen molar-refractivity contribution in [2.45, 2.75) is 64.7 Å². The summed E-state index contributed by atoms with van der Waals surface area (Å²) in [7, 11) is 0. The minimum absolute atomic E-state index is 0.135. The number of piperidine rings is 2. The van der Waals surface area contributed by atoms with E-state index in [0.29, 0.717) is 37.6 Å². The monoisotopic (exact) mass is 608 g/mol. The highest BCUT2D eigenvalue weighted by atomic mass is 16.9. The summed E-state index contributed by atoms with van der Waals surface area (Å²) in [6.45, 7) is 5.12. The average molecular weight is 609 g/mol. The molecule has 2 aromatic heterocycles. The van der Waals surface area contributed by atoms with Crippen molar-refractivity contribution in [2.24, 2.45) is 5.92 Å². The van der Waals surface area contributed by atoms with E-state index in [-0.39, 0.29) is 54.4 Å². The zero-order chi connectivity index (χ0) is 31.4. The van der Waals surface area contributed by atoms with Crippen LogP contribution >= 0.6 is 0 Å². The summed E-state index contributed by atoms with van der Waals surface area (Å²) in [5, 5.41) is 29.3. The standard InChI is InChI=1S/C30H36N6O8/c1-3-42-25(37)17-36(24-6-4-5-13-35(24)26-20(16-31)7-8-21(32-26)28(38)39)23-10-9-22(29(40)41)33-27(23)34-14-11-19(12-15-34)30-43-18(2)44-30/h7-10,18-19,24,30H,3-6,11-15,17H2,1-2H3,(H,38,39)(H,40,41). The zero-order valence-corrected chi connectivity index (χ0v) is 24.7. The summed E-state index contributed by atoms with van der Waals surface area (Å²) in [6, 6.07) is 7.89. The van der Waals surface area contributed by atoms with Crippen LogP contribution in [0.15, 0.2) is 24.3 Å². The summed E-state index contributed by atoms with van der Waals surface area (Å²) >= 11 is 0. The molecule has 3 aliphatic heterocycles. The van der Waals surface area contributed by atoms with Crippen molar-refractivity contribution in [3.63, 3.8) is 0 Å². The van der Waals surface area contributed by atoms with E-state index in [2.05, 4.69) is 16.0 Å². The lowest BCUT2D eigenvalue weighted by Gasteiger charge is -2.46. The third kappa shape index (κ3) is 6.53. The summed E-state index contributed by atoms with van der Waals surface area (Å²) in [5.74, 6) is -2.09. The third-order valence-corrected chi connectivity index (χ3v) is 8.18.